The van der Waals surface area contributed by atoms with Crippen molar-refractivity contribution in [1.82, 2.24) is 5.32 Å². The van der Waals surface area contributed by atoms with Crippen LogP contribution in [0.25, 0.3) is 0 Å². The summed E-state index contributed by atoms with van der Waals surface area (Å²) < 4.78 is 11.1. The fourth-order valence-corrected chi connectivity index (χ4v) is 3.05. The maximum atomic E-state index is 11.5. The normalized spacial score (nSPS) is 25.0. The number of aliphatic hydroxyl groups excluding tert-OH is 1. The van der Waals surface area contributed by atoms with Crippen LogP contribution in [0.4, 0.5) is 0 Å². The SMILES string of the molecule is CCOC(=O)/C=C1/CC[C@H](O)[C@@H](CO[Si](C)(C)C(C)(C)C)N1. The van der Waals surface area contributed by atoms with Gasteiger partial charge in [-0.2, -0.15) is 0 Å². The zero-order valence-corrected chi connectivity index (χ0v) is 15.7. The van der Waals surface area contributed by atoms with E-state index in [2.05, 4.69) is 39.2 Å². The zero-order chi connectivity index (χ0) is 17.0. The average molecular weight is 330 g/mol. The van der Waals surface area contributed by atoms with Crippen molar-refractivity contribution in [3.63, 3.8) is 0 Å². The van der Waals surface area contributed by atoms with Crippen LogP contribution in [0.15, 0.2) is 11.8 Å². The van der Waals surface area contributed by atoms with Gasteiger partial charge in [-0.1, -0.05) is 20.8 Å². The summed E-state index contributed by atoms with van der Waals surface area (Å²) in [6, 6.07) is -0.177. The molecule has 128 valence electrons. The lowest BCUT2D eigenvalue weighted by Gasteiger charge is -2.39. The first-order chi connectivity index (χ1) is 10.1. The number of nitrogens with one attached hydrogen (secondary N) is 1. The van der Waals surface area contributed by atoms with Gasteiger partial charge in [-0.25, -0.2) is 4.79 Å². The van der Waals surface area contributed by atoms with E-state index in [1.54, 1.807) is 6.92 Å². The van der Waals surface area contributed by atoms with Crippen LogP contribution in [0.2, 0.25) is 18.1 Å². The van der Waals surface area contributed by atoms with Crippen molar-refractivity contribution < 1.29 is 19.1 Å². The number of ether oxygens (including phenoxy) is 1. The van der Waals surface area contributed by atoms with Crippen LogP contribution in [0, 0.1) is 0 Å². The quantitative estimate of drug-likeness (QED) is 0.461. The molecule has 2 N–H and O–H groups in total. The Kier molecular flexibility index (Phi) is 6.64. The molecule has 0 spiro atoms. The van der Waals surface area contributed by atoms with E-state index in [-0.39, 0.29) is 17.0 Å². The smallest absolute Gasteiger partial charge is 0.332 e. The summed E-state index contributed by atoms with van der Waals surface area (Å²) in [7, 11) is -1.85. The summed E-state index contributed by atoms with van der Waals surface area (Å²) in [5.41, 5.74) is 0.813. The number of hydrogen-bond donors (Lipinski definition) is 2. The van der Waals surface area contributed by atoms with Crippen molar-refractivity contribution in [1.29, 1.82) is 0 Å². The van der Waals surface area contributed by atoms with Crippen LogP contribution in [0.5, 0.6) is 0 Å². The summed E-state index contributed by atoms with van der Waals surface area (Å²) in [6.07, 6.45) is 2.30. The molecule has 0 saturated carbocycles. The first-order valence-corrected chi connectivity index (χ1v) is 10.9. The second-order valence-electron chi connectivity index (χ2n) is 7.35. The molecule has 1 aliphatic heterocycles. The molecule has 5 nitrogen and oxygen atoms in total. The molecule has 22 heavy (non-hydrogen) atoms. The fourth-order valence-electron chi connectivity index (χ4n) is 2.02. The van der Waals surface area contributed by atoms with Crippen molar-refractivity contribution in [2.24, 2.45) is 0 Å². The topological polar surface area (TPSA) is 67.8 Å². The molecule has 0 aliphatic carbocycles. The minimum Gasteiger partial charge on any atom is -0.463 e. The predicted octanol–water partition coefficient (Wildman–Crippen LogP) is 2.57. The monoisotopic (exact) mass is 329 g/mol. The summed E-state index contributed by atoms with van der Waals surface area (Å²) in [5.74, 6) is -0.342. The minimum atomic E-state index is -1.85. The Bertz CT molecular complexity index is 415. The van der Waals surface area contributed by atoms with Gasteiger partial charge >= 0.3 is 5.97 Å². The number of piperidine rings is 1. The standard InChI is InChI=1S/C16H31NO4Si/c1-7-20-15(19)10-12-8-9-14(18)13(17-12)11-21-22(5,6)16(2,3)4/h10,13-14,17-18H,7-9,11H2,1-6H3/b12-10-/t13-,14+/m1/s1. The van der Waals surface area contributed by atoms with Gasteiger partial charge in [-0.05, 0) is 37.9 Å². The second-order valence-corrected chi connectivity index (χ2v) is 12.2. The maximum absolute atomic E-state index is 11.5. The Balaban J connectivity index is 2.64. The Labute approximate surface area is 135 Å². The third-order valence-electron chi connectivity index (χ3n) is 4.55. The van der Waals surface area contributed by atoms with Crippen molar-refractivity contribution in [3.8, 4) is 0 Å². The highest BCUT2D eigenvalue weighted by Gasteiger charge is 2.38. The summed E-state index contributed by atoms with van der Waals surface area (Å²) in [6.45, 7) is 13.6. The molecule has 0 radical (unpaired) electrons. The molecule has 0 unspecified atom stereocenters. The number of rotatable bonds is 5. The summed E-state index contributed by atoms with van der Waals surface area (Å²) in [4.78, 5) is 11.5. The third kappa shape index (κ3) is 5.41. The number of carbonyl (C=O) groups excluding carboxylic acids is 1. The van der Waals surface area contributed by atoms with Gasteiger partial charge in [0.25, 0.3) is 0 Å². The van der Waals surface area contributed by atoms with Crippen LogP contribution in [-0.2, 0) is 14.0 Å². The fraction of sp³-hybridized carbons (Fsp3) is 0.812. The molecule has 1 rings (SSSR count). The van der Waals surface area contributed by atoms with E-state index in [4.69, 9.17) is 9.16 Å². The maximum Gasteiger partial charge on any atom is 0.332 e. The first kappa shape index (κ1) is 19.2. The molecule has 2 atom stereocenters. The van der Waals surface area contributed by atoms with Gasteiger partial charge in [-0.15, -0.1) is 0 Å². The zero-order valence-electron chi connectivity index (χ0n) is 14.7. The molecule has 6 heteroatoms. The van der Waals surface area contributed by atoms with Crippen molar-refractivity contribution >= 4 is 14.3 Å². The molecule has 1 fully saturated rings. The van der Waals surface area contributed by atoms with E-state index in [1.165, 1.54) is 6.08 Å². The molecule has 0 bridgehead atoms. The van der Waals surface area contributed by atoms with Crippen LogP contribution in [-0.4, -0.2) is 44.8 Å². The van der Waals surface area contributed by atoms with Crippen molar-refractivity contribution in [2.75, 3.05) is 13.2 Å². The highest BCUT2D eigenvalue weighted by molar-refractivity contribution is 6.74. The minimum absolute atomic E-state index is 0.135. The van der Waals surface area contributed by atoms with E-state index in [9.17, 15) is 9.90 Å². The average Bonchev–Trinajstić information content (AvgIpc) is 2.38. The van der Waals surface area contributed by atoms with Gasteiger partial charge < -0.3 is 19.6 Å². The predicted molar refractivity (Wildman–Crippen MR) is 90.0 cm³/mol. The lowest BCUT2D eigenvalue weighted by Crippen LogP contribution is -2.50. The highest BCUT2D eigenvalue weighted by Crippen LogP contribution is 2.36. The molecule has 0 aromatic rings. The van der Waals surface area contributed by atoms with Crippen LogP contribution < -0.4 is 5.32 Å². The molecular formula is C16H31NO4Si. The van der Waals surface area contributed by atoms with Crippen LogP contribution >= 0.6 is 0 Å². The molecule has 1 saturated heterocycles. The Morgan fingerprint density at radius 1 is 1.45 bits per heavy atom. The number of hydrogen-bond acceptors (Lipinski definition) is 5. The number of allylic oxidation sites excluding steroid dienone is 1. The van der Waals surface area contributed by atoms with Crippen molar-refractivity contribution in [3.05, 3.63) is 11.8 Å². The van der Waals surface area contributed by atoms with Gasteiger partial charge in [0.2, 0.25) is 0 Å². The van der Waals surface area contributed by atoms with Crippen LogP contribution in [0.3, 0.4) is 0 Å². The highest BCUT2D eigenvalue weighted by atomic mass is 28.4. The number of aliphatic hydroxyl groups is 1. The molecular weight excluding hydrogens is 298 g/mol. The number of esters is 1. The Hall–Kier alpha value is -0.853. The molecule has 0 aromatic carbocycles. The van der Waals surface area contributed by atoms with E-state index in [1.807, 2.05) is 0 Å². The van der Waals surface area contributed by atoms with Gasteiger partial charge in [0.1, 0.15) is 0 Å². The van der Waals surface area contributed by atoms with E-state index in [0.717, 1.165) is 5.70 Å². The molecule has 1 aliphatic rings. The summed E-state index contributed by atoms with van der Waals surface area (Å²) in [5, 5.41) is 13.5. The molecule has 1 heterocycles. The van der Waals surface area contributed by atoms with E-state index < -0.39 is 14.4 Å². The Morgan fingerprint density at radius 3 is 2.64 bits per heavy atom. The third-order valence-corrected chi connectivity index (χ3v) is 9.05. The first-order valence-electron chi connectivity index (χ1n) is 8.02. The van der Waals surface area contributed by atoms with Crippen LogP contribution in [0.1, 0.15) is 40.5 Å². The van der Waals surface area contributed by atoms with Gasteiger partial charge in [0.05, 0.1) is 25.4 Å². The largest absolute Gasteiger partial charge is 0.463 e. The Morgan fingerprint density at radius 2 is 2.09 bits per heavy atom. The van der Waals surface area contributed by atoms with Gasteiger partial charge in [-0.3, -0.25) is 0 Å². The van der Waals surface area contributed by atoms with E-state index >= 15 is 0 Å². The number of carbonyl (C=O) groups is 1. The van der Waals surface area contributed by atoms with Gasteiger partial charge in [0, 0.05) is 11.8 Å². The lowest BCUT2D eigenvalue weighted by molar-refractivity contribution is -0.137. The summed E-state index contributed by atoms with van der Waals surface area (Å²) >= 11 is 0. The second kappa shape index (κ2) is 7.61. The van der Waals surface area contributed by atoms with Crippen molar-refractivity contribution in [2.45, 2.75) is 70.8 Å². The van der Waals surface area contributed by atoms with E-state index in [0.29, 0.717) is 26.1 Å². The molecule has 0 amide bonds. The lowest BCUT2D eigenvalue weighted by atomic mass is 9.99. The molecule has 0 aromatic heterocycles. The van der Waals surface area contributed by atoms with Gasteiger partial charge in [0.15, 0.2) is 8.32 Å².